The molecule has 0 saturated carbocycles. The van der Waals surface area contributed by atoms with Gasteiger partial charge in [-0.2, -0.15) is 18.4 Å². The Morgan fingerprint density at radius 3 is 2.74 bits per heavy atom. The van der Waals surface area contributed by atoms with Gasteiger partial charge in [-0.1, -0.05) is 12.1 Å². The number of halogens is 3. The SMILES string of the molecule is N#Cc1cccnc1NCCNC(=O)c1nc(-c2cccs2)n(-c2cccc(C(F)(F)F)c2)n1. The molecule has 172 valence electrons. The van der Waals surface area contributed by atoms with Crippen molar-refractivity contribution in [3.05, 3.63) is 77.1 Å². The molecule has 0 bridgehead atoms. The van der Waals surface area contributed by atoms with Crippen molar-refractivity contribution >= 4 is 23.1 Å². The number of anilines is 1. The first-order valence-corrected chi connectivity index (χ1v) is 10.8. The van der Waals surface area contributed by atoms with Crippen molar-refractivity contribution in [1.82, 2.24) is 25.1 Å². The fourth-order valence-electron chi connectivity index (χ4n) is 3.04. The summed E-state index contributed by atoms with van der Waals surface area (Å²) in [5, 5.41) is 20.7. The van der Waals surface area contributed by atoms with Gasteiger partial charge >= 0.3 is 6.18 Å². The second-order valence-corrected chi connectivity index (χ2v) is 7.84. The van der Waals surface area contributed by atoms with Gasteiger partial charge in [-0.3, -0.25) is 4.79 Å². The number of thiophene rings is 1. The van der Waals surface area contributed by atoms with Crippen molar-refractivity contribution < 1.29 is 18.0 Å². The molecule has 4 aromatic rings. The molecule has 0 radical (unpaired) electrons. The van der Waals surface area contributed by atoms with E-state index in [1.807, 2.05) is 6.07 Å². The lowest BCUT2D eigenvalue weighted by atomic mass is 10.2. The van der Waals surface area contributed by atoms with Crippen LogP contribution < -0.4 is 10.6 Å². The first kappa shape index (κ1) is 22.9. The average molecular weight is 483 g/mol. The van der Waals surface area contributed by atoms with Crippen molar-refractivity contribution in [1.29, 1.82) is 5.26 Å². The van der Waals surface area contributed by atoms with Crippen LogP contribution in [0, 0.1) is 11.3 Å². The summed E-state index contributed by atoms with van der Waals surface area (Å²) in [7, 11) is 0. The van der Waals surface area contributed by atoms with Crippen LogP contribution in [0.15, 0.2) is 60.1 Å². The molecule has 8 nitrogen and oxygen atoms in total. The number of hydrogen-bond acceptors (Lipinski definition) is 7. The molecule has 4 rings (SSSR count). The van der Waals surface area contributed by atoms with Crippen LogP contribution in [-0.4, -0.2) is 38.7 Å². The van der Waals surface area contributed by atoms with Gasteiger partial charge in [0.15, 0.2) is 5.82 Å². The molecule has 34 heavy (non-hydrogen) atoms. The summed E-state index contributed by atoms with van der Waals surface area (Å²) < 4.78 is 40.8. The number of benzene rings is 1. The molecule has 0 aliphatic carbocycles. The van der Waals surface area contributed by atoms with E-state index in [0.717, 1.165) is 12.1 Å². The van der Waals surface area contributed by atoms with Gasteiger partial charge < -0.3 is 10.6 Å². The Morgan fingerprint density at radius 1 is 1.15 bits per heavy atom. The van der Waals surface area contributed by atoms with Crippen LogP contribution in [0.2, 0.25) is 0 Å². The molecule has 12 heteroatoms. The van der Waals surface area contributed by atoms with Gasteiger partial charge in [0.1, 0.15) is 11.9 Å². The number of rotatable bonds is 7. The zero-order valence-electron chi connectivity index (χ0n) is 17.4. The molecule has 0 aliphatic rings. The monoisotopic (exact) mass is 483 g/mol. The van der Waals surface area contributed by atoms with Crippen LogP contribution in [0.3, 0.4) is 0 Å². The number of carbonyl (C=O) groups is 1. The molecule has 0 spiro atoms. The lowest BCUT2D eigenvalue weighted by Crippen LogP contribution is -2.30. The first-order valence-electron chi connectivity index (χ1n) is 9.92. The van der Waals surface area contributed by atoms with Crippen LogP contribution in [-0.2, 0) is 6.18 Å². The lowest BCUT2D eigenvalue weighted by Gasteiger charge is -2.09. The first-order chi connectivity index (χ1) is 16.4. The van der Waals surface area contributed by atoms with Gasteiger partial charge in [0.25, 0.3) is 5.91 Å². The topological polar surface area (TPSA) is 109 Å². The zero-order chi connectivity index (χ0) is 24.1. The van der Waals surface area contributed by atoms with Crippen LogP contribution in [0.5, 0.6) is 0 Å². The fourth-order valence-corrected chi connectivity index (χ4v) is 3.74. The predicted octanol–water partition coefficient (Wildman–Crippen LogP) is 4.12. The third kappa shape index (κ3) is 5.05. The predicted molar refractivity (Wildman–Crippen MR) is 119 cm³/mol. The maximum absolute atomic E-state index is 13.2. The molecule has 0 unspecified atom stereocenters. The van der Waals surface area contributed by atoms with Crippen molar-refractivity contribution in [3.63, 3.8) is 0 Å². The molecule has 0 aliphatic heterocycles. The zero-order valence-corrected chi connectivity index (χ0v) is 18.2. The van der Waals surface area contributed by atoms with E-state index in [9.17, 15) is 18.0 Å². The van der Waals surface area contributed by atoms with Gasteiger partial charge in [0.2, 0.25) is 5.82 Å². The normalized spacial score (nSPS) is 11.1. The highest BCUT2D eigenvalue weighted by molar-refractivity contribution is 7.13. The number of aromatic nitrogens is 4. The maximum atomic E-state index is 13.2. The number of pyridine rings is 1. The van der Waals surface area contributed by atoms with E-state index in [4.69, 9.17) is 5.26 Å². The van der Waals surface area contributed by atoms with Crippen molar-refractivity contribution in [2.45, 2.75) is 6.18 Å². The van der Waals surface area contributed by atoms with Crippen LogP contribution in [0.25, 0.3) is 16.4 Å². The molecule has 0 atom stereocenters. The molecule has 3 heterocycles. The maximum Gasteiger partial charge on any atom is 0.416 e. The number of nitrogens with one attached hydrogen (secondary N) is 2. The van der Waals surface area contributed by atoms with E-state index in [1.54, 1.807) is 29.6 Å². The molecular formula is C22H16F3N7OS. The van der Waals surface area contributed by atoms with E-state index in [-0.39, 0.29) is 30.4 Å². The number of hydrogen-bond donors (Lipinski definition) is 2. The molecular weight excluding hydrogens is 467 g/mol. The molecule has 2 N–H and O–H groups in total. The van der Waals surface area contributed by atoms with E-state index in [2.05, 4.69) is 25.7 Å². The van der Waals surface area contributed by atoms with Crippen molar-refractivity contribution in [2.24, 2.45) is 0 Å². The van der Waals surface area contributed by atoms with E-state index >= 15 is 0 Å². The minimum Gasteiger partial charge on any atom is -0.367 e. The minimum atomic E-state index is -4.52. The summed E-state index contributed by atoms with van der Waals surface area (Å²) in [5.74, 6) is -0.126. The molecule has 3 aromatic heterocycles. The number of alkyl halides is 3. The van der Waals surface area contributed by atoms with E-state index in [1.165, 1.54) is 34.3 Å². The van der Waals surface area contributed by atoms with Crippen molar-refractivity contribution in [3.8, 4) is 22.5 Å². The van der Waals surface area contributed by atoms with Crippen molar-refractivity contribution in [2.75, 3.05) is 18.4 Å². The molecule has 1 amide bonds. The quantitative estimate of drug-likeness (QED) is 0.383. The van der Waals surface area contributed by atoms with Crippen LogP contribution in [0.1, 0.15) is 21.7 Å². The van der Waals surface area contributed by atoms with Gasteiger partial charge in [-0.05, 0) is 41.8 Å². The summed E-state index contributed by atoms with van der Waals surface area (Å²) in [4.78, 5) is 21.6. The van der Waals surface area contributed by atoms with Crippen LogP contribution in [0.4, 0.5) is 19.0 Å². The third-order valence-electron chi connectivity index (χ3n) is 4.60. The Labute approximate surface area is 195 Å². The summed E-state index contributed by atoms with van der Waals surface area (Å²) in [6.07, 6.45) is -2.98. The smallest absolute Gasteiger partial charge is 0.367 e. The highest BCUT2D eigenvalue weighted by Crippen LogP contribution is 2.32. The standard InChI is InChI=1S/C22H16F3N7OS/c23-22(24,25)15-5-1-6-16(12-15)32-20(17-7-3-11-34-17)30-19(31-32)21(33)29-10-9-28-18-14(13-26)4-2-8-27-18/h1-8,11-12H,9-10H2,(H,27,28)(H,29,33). The Bertz CT molecular complexity index is 1340. The molecule has 0 fully saturated rings. The Kier molecular flexibility index (Phi) is 6.55. The number of nitriles is 1. The third-order valence-corrected chi connectivity index (χ3v) is 5.47. The minimum absolute atomic E-state index is 0.130. The van der Waals surface area contributed by atoms with Gasteiger partial charge in [-0.15, -0.1) is 16.4 Å². The van der Waals surface area contributed by atoms with E-state index in [0.29, 0.717) is 16.3 Å². The Hall–Kier alpha value is -4.24. The Morgan fingerprint density at radius 2 is 2.00 bits per heavy atom. The average Bonchev–Trinajstić information content (AvgIpc) is 3.51. The summed E-state index contributed by atoms with van der Waals surface area (Å²) in [5.41, 5.74) is -0.331. The number of amides is 1. The van der Waals surface area contributed by atoms with E-state index < -0.39 is 17.6 Å². The van der Waals surface area contributed by atoms with Gasteiger partial charge in [-0.25, -0.2) is 14.6 Å². The van der Waals surface area contributed by atoms with Crippen LogP contribution >= 0.6 is 11.3 Å². The molecule has 1 aromatic carbocycles. The largest absolute Gasteiger partial charge is 0.416 e. The fraction of sp³-hybridized carbons (Fsp3) is 0.136. The summed E-state index contributed by atoms with van der Waals surface area (Å²) in [6, 6.07) is 13.4. The second-order valence-electron chi connectivity index (χ2n) is 6.89. The number of nitrogens with zero attached hydrogens (tertiary/aromatic N) is 5. The highest BCUT2D eigenvalue weighted by Gasteiger charge is 2.31. The molecule has 0 saturated heterocycles. The summed E-state index contributed by atoms with van der Waals surface area (Å²) >= 11 is 1.32. The highest BCUT2D eigenvalue weighted by atomic mass is 32.1. The second kappa shape index (κ2) is 9.72. The lowest BCUT2D eigenvalue weighted by molar-refractivity contribution is -0.137. The van der Waals surface area contributed by atoms with Gasteiger partial charge in [0, 0.05) is 19.3 Å². The number of carbonyl (C=O) groups excluding carboxylic acids is 1. The Balaban J connectivity index is 1.53. The summed E-state index contributed by atoms with van der Waals surface area (Å²) in [6.45, 7) is 0.455. The van der Waals surface area contributed by atoms with Gasteiger partial charge in [0.05, 0.1) is 21.7 Å².